The first-order chi connectivity index (χ1) is 10.9. The lowest BCUT2D eigenvalue weighted by molar-refractivity contribution is -0.150. The Bertz CT molecular complexity index is 500. The standard InChI is InChI=1S/C21H34O2/c1-13-12-21(3)14(11-18(13)22)5-6-15-16-7-8-19(23-4)20(16,2)10-9-17(15)21/h13-17,19H,5-12H2,1-4H3/t13?,14?,15-,16-,17+,19?,20-,21-/m0/s1. The third-order valence-electron chi connectivity index (χ3n) is 9.01. The summed E-state index contributed by atoms with van der Waals surface area (Å²) >= 11 is 0. The van der Waals surface area contributed by atoms with Gasteiger partial charge in [-0.3, -0.25) is 4.79 Å². The SMILES string of the molecule is COC1CC[C@H]2[C@@H]3CCC4CC(=O)C(C)C[C@]4(C)[C@@H]3CC[C@]12C. The Kier molecular flexibility index (Phi) is 3.72. The van der Waals surface area contributed by atoms with Crippen LogP contribution in [0.25, 0.3) is 0 Å². The second kappa shape index (κ2) is 5.31. The van der Waals surface area contributed by atoms with Crippen LogP contribution in [0.3, 0.4) is 0 Å². The summed E-state index contributed by atoms with van der Waals surface area (Å²) in [6.07, 6.45) is 10.5. The highest BCUT2D eigenvalue weighted by atomic mass is 16.5. The van der Waals surface area contributed by atoms with Crippen molar-refractivity contribution in [1.82, 2.24) is 0 Å². The van der Waals surface area contributed by atoms with Crippen LogP contribution < -0.4 is 0 Å². The molecule has 23 heavy (non-hydrogen) atoms. The quantitative estimate of drug-likeness (QED) is 0.690. The molecular weight excluding hydrogens is 284 g/mol. The maximum absolute atomic E-state index is 12.3. The molecule has 0 bridgehead atoms. The maximum atomic E-state index is 12.3. The first-order valence-corrected chi connectivity index (χ1v) is 9.95. The van der Waals surface area contributed by atoms with Gasteiger partial charge in [0.15, 0.2) is 0 Å². The van der Waals surface area contributed by atoms with E-state index in [1.807, 2.05) is 7.11 Å². The fourth-order valence-corrected chi connectivity index (χ4v) is 7.74. The molecule has 0 aliphatic heterocycles. The van der Waals surface area contributed by atoms with E-state index in [2.05, 4.69) is 20.8 Å². The molecule has 8 atom stereocenters. The van der Waals surface area contributed by atoms with Crippen LogP contribution in [0.5, 0.6) is 0 Å². The van der Waals surface area contributed by atoms with Gasteiger partial charge in [-0.1, -0.05) is 20.8 Å². The summed E-state index contributed by atoms with van der Waals surface area (Å²) in [5.41, 5.74) is 0.831. The average molecular weight is 319 g/mol. The molecule has 0 heterocycles. The molecule has 0 aromatic rings. The highest BCUT2D eigenvalue weighted by molar-refractivity contribution is 5.82. The second-order valence-corrected chi connectivity index (χ2v) is 9.78. The van der Waals surface area contributed by atoms with Gasteiger partial charge in [-0.05, 0) is 79.4 Å². The number of rotatable bonds is 1. The van der Waals surface area contributed by atoms with Gasteiger partial charge in [0, 0.05) is 19.4 Å². The van der Waals surface area contributed by atoms with Crippen LogP contribution >= 0.6 is 0 Å². The zero-order valence-corrected chi connectivity index (χ0v) is 15.4. The van der Waals surface area contributed by atoms with Crippen molar-refractivity contribution in [3.05, 3.63) is 0 Å². The van der Waals surface area contributed by atoms with Crippen molar-refractivity contribution in [2.75, 3.05) is 7.11 Å². The highest BCUT2D eigenvalue weighted by Crippen LogP contribution is 2.66. The van der Waals surface area contributed by atoms with Gasteiger partial charge in [0.2, 0.25) is 0 Å². The monoisotopic (exact) mass is 318 g/mol. The topological polar surface area (TPSA) is 26.3 Å². The fourth-order valence-electron chi connectivity index (χ4n) is 7.74. The van der Waals surface area contributed by atoms with Gasteiger partial charge in [0.05, 0.1) is 6.10 Å². The van der Waals surface area contributed by atoms with Gasteiger partial charge in [-0.25, -0.2) is 0 Å². The zero-order chi connectivity index (χ0) is 16.4. The Hall–Kier alpha value is -0.370. The molecule has 0 N–H and O–H groups in total. The van der Waals surface area contributed by atoms with Crippen molar-refractivity contribution in [3.8, 4) is 0 Å². The van der Waals surface area contributed by atoms with Crippen LogP contribution in [-0.2, 0) is 9.53 Å². The molecule has 0 radical (unpaired) electrons. The van der Waals surface area contributed by atoms with E-state index in [1.165, 1.54) is 38.5 Å². The van der Waals surface area contributed by atoms with Gasteiger partial charge < -0.3 is 4.74 Å². The van der Waals surface area contributed by atoms with Crippen LogP contribution in [0.1, 0.15) is 72.1 Å². The largest absolute Gasteiger partial charge is 0.381 e. The summed E-state index contributed by atoms with van der Waals surface area (Å²) in [7, 11) is 1.91. The number of hydrogen-bond acceptors (Lipinski definition) is 2. The summed E-state index contributed by atoms with van der Waals surface area (Å²) in [6.45, 7) is 7.23. The summed E-state index contributed by atoms with van der Waals surface area (Å²) < 4.78 is 5.88. The van der Waals surface area contributed by atoms with E-state index in [0.29, 0.717) is 34.6 Å². The number of ketones is 1. The summed E-state index contributed by atoms with van der Waals surface area (Å²) in [4.78, 5) is 12.3. The third-order valence-corrected chi connectivity index (χ3v) is 9.01. The molecule has 0 aromatic heterocycles. The van der Waals surface area contributed by atoms with Crippen molar-refractivity contribution in [2.24, 2.45) is 40.4 Å². The molecule has 2 nitrogen and oxygen atoms in total. The lowest BCUT2D eigenvalue weighted by atomic mass is 9.44. The van der Waals surface area contributed by atoms with Crippen LogP contribution in [-0.4, -0.2) is 19.0 Å². The maximum Gasteiger partial charge on any atom is 0.136 e. The van der Waals surface area contributed by atoms with Crippen molar-refractivity contribution in [1.29, 1.82) is 0 Å². The molecule has 0 saturated heterocycles. The molecule has 4 aliphatic carbocycles. The lowest BCUT2D eigenvalue weighted by Crippen LogP contribution is -2.55. The van der Waals surface area contributed by atoms with Crippen LogP contribution in [0.4, 0.5) is 0 Å². The summed E-state index contributed by atoms with van der Waals surface area (Å²) in [5.74, 6) is 4.08. The number of Topliss-reactive ketones (excluding diaryl/α,β-unsaturated/α-hetero) is 1. The molecule has 4 fully saturated rings. The van der Waals surface area contributed by atoms with Crippen LogP contribution in [0.15, 0.2) is 0 Å². The molecule has 2 heteroatoms. The Morgan fingerprint density at radius 2 is 1.74 bits per heavy atom. The van der Waals surface area contributed by atoms with Gasteiger partial charge in [-0.2, -0.15) is 0 Å². The number of carbonyl (C=O) groups excluding carboxylic acids is 1. The molecule has 0 amide bonds. The van der Waals surface area contributed by atoms with Crippen LogP contribution in [0, 0.1) is 40.4 Å². The minimum atomic E-state index is 0.290. The molecule has 4 aliphatic rings. The molecule has 3 unspecified atom stereocenters. The third kappa shape index (κ3) is 2.12. The smallest absolute Gasteiger partial charge is 0.136 e. The molecule has 4 rings (SSSR count). The lowest BCUT2D eigenvalue weighted by Gasteiger charge is -2.60. The minimum absolute atomic E-state index is 0.290. The first kappa shape index (κ1) is 16.1. The van der Waals surface area contributed by atoms with Crippen LogP contribution in [0.2, 0.25) is 0 Å². The molecule has 0 aromatic carbocycles. The van der Waals surface area contributed by atoms with Crippen molar-refractivity contribution in [3.63, 3.8) is 0 Å². The molecule has 4 saturated carbocycles. The Morgan fingerprint density at radius 1 is 1.00 bits per heavy atom. The van der Waals surface area contributed by atoms with Crippen molar-refractivity contribution < 1.29 is 9.53 Å². The number of hydrogen-bond donors (Lipinski definition) is 0. The number of ether oxygens (including phenoxy) is 1. The molecule has 0 spiro atoms. The highest BCUT2D eigenvalue weighted by Gasteiger charge is 2.60. The van der Waals surface area contributed by atoms with Gasteiger partial charge >= 0.3 is 0 Å². The van der Waals surface area contributed by atoms with Crippen molar-refractivity contribution in [2.45, 2.75) is 78.2 Å². The molecular formula is C21H34O2. The minimum Gasteiger partial charge on any atom is -0.381 e. The number of carbonyl (C=O) groups is 1. The fraction of sp³-hybridized carbons (Fsp3) is 0.952. The van der Waals surface area contributed by atoms with E-state index in [9.17, 15) is 4.79 Å². The van der Waals surface area contributed by atoms with E-state index >= 15 is 0 Å². The number of methoxy groups -OCH3 is 1. The number of fused-ring (bicyclic) bond motifs is 5. The van der Waals surface area contributed by atoms with E-state index in [4.69, 9.17) is 4.74 Å². The van der Waals surface area contributed by atoms with Gasteiger partial charge in [0.25, 0.3) is 0 Å². The summed E-state index contributed by atoms with van der Waals surface area (Å²) in [5, 5.41) is 0. The zero-order valence-electron chi connectivity index (χ0n) is 15.4. The van der Waals surface area contributed by atoms with E-state index in [0.717, 1.165) is 30.6 Å². The predicted molar refractivity (Wildman–Crippen MR) is 92.1 cm³/mol. The normalized spacial score (nSPS) is 55.9. The predicted octanol–water partition coefficient (Wildman–Crippen LogP) is 4.86. The Balaban J connectivity index is 1.63. The van der Waals surface area contributed by atoms with Crippen molar-refractivity contribution >= 4 is 5.78 Å². The first-order valence-electron chi connectivity index (χ1n) is 9.95. The van der Waals surface area contributed by atoms with Gasteiger partial charge in [-0.15, -0.1) is 0 Å². The second-order valence-electron chi connectivity index (χ2n) is 9.78. The van der Waals surface area contributed by atoms with E-state index in [-0.39, 0.29) is 0 Å². The van der Waals surface area contributed by atoms with E-state index < -0.39 is 0 Å². The summed E-state index contributed by atoms with van der Waals surface area (Å²) in [6, 6.07) is 0. The van der Waals surface area contributed by atoms with E-state index in [1.54, 1.807) is 0 Å². The average Bonchev–Trinajstić information content (AvgIpc) is 2.85. The Labute approximate surface area is 141 Å². The van der Waals surface area contributed by atoms with Gasteiger partial charge in [0.1, 0.15) is 5.78 Å². The Morgan fingerprint density at radius 3 is 2.48 bits per heavy atom. The molecule has 130 valence electrons.